The standard InChI is InChI=1S/C23H26N4O4S2/c1-3-27(4-2)33(29,30)20-11-7-10-18(14-20)22-24-25-23(31-22)32-16-21(28)26-13-12-17-8-5-6-9-19(17)15-26/h5-11,14H,3-4,12-13,15-16H2,1-2H3. The van der Waals surface area contributed by atoms with Crippen LogP contribution in [0, 0.1) is 0 Å². The SMILES string of the molecule is CCN(CC)S(=O)(=O)c1cccc(-c2nnc(SCC(=O)N3CCc4ccccc4C3)o2)c1. The van der Waals surface area contributed by atoms with Crippen LogP contribution >= 0.6 is 11.8 Å². The Kier molecular flexibility index (Phi) is 7.16. The molecular formula is C23H26N4O4S2. The first kappa shape index (κ1) is 23.5. The molecule has 0 saturated heterocycles. The van der Waals surface area contributed by atoms with Crippen LogP contribution < -0.4 is 0 Å². The van der Waals surface area contributed by atoms with Gasteiger partial charge in [0.05, 0.1) is 10.6 Å². The van der Waals surface area contributed by atoms with Crippen molar-refractivity contribution in [2.24, 2.45) is 0 Å². The molecule has 0 saturated carbocycles. The van der Waals surface area contributed by atoms with Gasteiger partial charge in [-0.3, -0.25) is 4.79 Å². The summed E-state index contributed by atoms with van der Waals surface area (Å²) < 4.78 is 32.7. The van der Waals surface area contributed by atoms with Crippen LogP contribution in [0.4, 0.5) is 0 Å². The van der Waals surface area contributed by atoms with Gasteiger partial charge in [-0.15, -0.1) is 10.2 Å². The molecule has 174 valence electrons. The van der Waals surface area contributed by atoms with Gasteiger partial charge >= 0.3 is 0 Å². The average Bonchev–Trinajstić information content (AvgIpc) is 3.32. The molecule has 0 spiro atoms. The smallest absolute Gasteiger partial charge is 0.277 e. The number of aromatic nitrogens is 2. The molecule has 8 nitrogen and oxygen atoms in total. The molecule has 0 fully saturated rings. The average molecular weight is 487 g/mol. The number of amides is 1. The molecule has 3 aromatic rings. The molecule has 1 amide bonds. The highest BCUT2D eigenvalue weighted by Crippen LogP contribution is 2.27. The topological polar surface area (TPSA) is 96.6 Å². The van der Waals surface area contributed by atoms with Crippen molar-refractivity contribution in [3.8, 4) is 11.5 Å². The molecule has 0 radical (unpaired) electrons. The number of rotatable bonds is 8. The van der Waals surface area contributed by atoms with Crippen molar-refractivity contribution in [2.75, 3.05) is 25.4 Å². The summed E-state index contributed by atoms with van der Waals surface area (Å²) in [6, 6.07) is 14.6. The van der Waals surface area contributed by atoms with Gasteiger partial charge in [0.1, 0.15) is 0 Å². The summed E-state index contributed by atoms with van der Waals surface area (Å²) in [7, 11) is -3.59. The van der Waals surface area contributed by atoms with Gasteiger partial charge in [-0.1, -0.05) is 55.9 Å². The van der Waals surface area contributed by atoms with Crippen LogP contribution in [0.2, 0.25) is 0 Å². The minimum atomic E-state index is -3.59. The Bertz CT molecular complexity index is 1240. The molecule has 0 unspecified atom stereocenters. The summed E-state index contributed by atoms with van der Waals surface area (Å²) in [6.45, 7) is 5.69. The van der Waals surface area contributed by atoms with Gasteiger partial charge in [-0.25, -0.2) is 8.42 Å². The van der Waals surface area contributed by atoms with E-state index < -0.39 is 10.0 Å². The van der Waals surface area contributed by atoms with Gasteiger partial charge in [-0.05, 0) is 35.7 Å². The van der Waals surface area contributed by atoms with Crippen molar-refractivity contribution in [3.05, 3.63) is 59.7 Å². The highest BCUT2D eigenvalue weighted by atomic mass is 32.2. The van der Waals surface area contributed by atoms with Crippen LogP contribution in [0.15, 0.2) is 63.1 Å². The Labute approximate surface area is 198 Å². The summed E-state index contributed by atoms with van der Waals surface area (Å²) in [5.41, 5.74) is 2.99. The van der Waals surface area contributed by atoms with Crippen molar-refractivity contribution in [1.29, 1.82) is 0 Å². The molecule has 4 rings (SSSR count). The van der Waals surface area contributed by atoms with Crippen LogP contribution in [0.3, 0.4) is 0 Å². The zero-order chi connectivity index (χ0) is 23.4. The number of benzene rings is 2. The van der Waals surface area contributed by atoms with E-state index in [1.165, 1.54) is 33.3 Å². The van der Waals surface area contributed by atoms with E-state index in [0.717, 1.165) is 6.42 Å². The summed E-state index contributed by atoms with van der Waals surface area (Å²) in [4.78, 5) is 14.7. The molecule has 1 aromatic heterocycles. The van der Waals surface area contributed by atoms with Gasteiger partial charge in [0.2, 0.25) is 21.8 Å². The zero-order valence-electron chi connectivity index (χ0n) is 18.6. The molecule has 2 heterocycles. The van der Waals surface area contributed by atoms with Crippen molar-refractivity contribution in [2.45, 2.75) is 36.9 Å². The minimum Gasteiger partial charge on any atom is -0.411 e. The van der Waals surface area contributed by atoms with Crippen LogP contribution in [0.1, 0.15) is 25.0 Å². The maximum Gasteiger partial charge on any atom is 0.277 e. The first-order valence-corrected chi connectivity index (χ1v) is 13.3. The highest BCUT2D eigenvalue weighted by molar-refractivity contribution is 7.99. The molecular weight excluding hydrogens is 460 g/mol. The Hall–Kier alpha value is -2.69. The number of thioether (sulfide) groups is 1. The van der Waals surface area contributed by atoms with Crippen LogP contribution in [0.5, 0.6) is 0 Å². The fourth-order valence-corrected chi connectivity index (χ4v) is 5.98. The predicted octanol–water partition coefficient (Wildman–Crippen LogP) is 3.44. The fourth-order valence-electron chi connectivity index (χ4n) is 3.81. The maximum atomic E-state index is 12.8. The van der Waals surface area contributed by atoms with E-state index in [4.69, 9.17) is 4.42 Å². The monoisotopic (exact) mass is 486 g/mol. The van der Waals surface area contributed by atoms with Gasteiger partial charge in [0.25, 0.3) is 5.22 Å². The van der Waals surface area contributed by atoms with E-state index in [2.05, 4.69) is 22.3 Å². The Morgan fingerprint density at radius 1 is 1.09 bits per heavy atom. The molecule has 10 heteroatoms. The maximum absolute atomic E-state index is 12.8. The largest absolute Gasteiger partial charge is 0.411 e. The molecule has 0 bridgehead atoms. The third-order valence-corrected chi connectivity index (χ3v) is 8.48. The van der Waals surface area contributed by atoms with Crippen molar-refractivity contribution >= 4 is 27.7 Å². The number of fused-ring (bicyclic) bond motifs is 1. The summed E-state index contributed by atoms with van der Waals surface area (Å²) in [5.74, 6) is 0.426. The molecule has 0 aliphatic carbocycles. The van der Waals surface area contributed by atoms with E-state index in [-0.39, 0.29) is 27.7 Å². The normalized spacial score (nSPS) is 13.8. The summed E-state index contributed by atoms with van der Waals surface area (Å²) in [6.07, 6.45) is 0.851. The first-order chi connectivity index (χ1) is 15.9. The third-order valence-electron chi connectivity index (χ3n) is 5.63. The summed E-state index contributed by atoms with van der Waals surface area (Å²) in [5, 5.41) is 8.34. The van der Waals surface area contributed by atoms with Crippen LogP contribution in [-0.4, -0.2) is 59.1 Å². The van der Waals surface area contributed by atoms with E-state index in [0.29, 0.717) is 31.7 Å². The lowest BCUT2D eigenvalue weighted by molar-refractivity contribution is -0.129. The molecule has 0 N–H and O–H groups in total. The predicted molar refractivity (Wildman–Crippen MR) is 126 cm³/mol. The van der Waals surface area contributed by atoms with Gasteiger partial charge in [0, 0.05) is 31.7 Å². The first-order valence-electron chi connectivity index (χ1n) is 10.8. The summed E-state index contributed by atoms with van der Waals surface area (Å²) >= 11 is 1.18. The van der Waals surface area contributed by atoms with Gasteiger partial charge in [-0.2, -0.15) is 4.31 Å². The van der Waals surface area contributed by atoms with E-state index >= 15 is 0 Å². The van der Waals surface area contributed by atoms with Gasteiger partial charge < -0.3 is 9.32 Å². The number of nitrogens with zero attached hydrogens (tertiary/aromatic N) is 4. The number of carbonyl (C=O) groups excluding carboxylic acids is 1. The van der Waals surface area contributed by atoms with Crippen LogP contribution in [-0.2, 0) is 27.8 Å². The molecule has 1 aliphatic heterocycles. The van der Waals surface area contributed by atoms with Crippen LogP contribution in [0.25, 0.3) is 11.5 Å². The second kappa shape index (κ2) is 10.1. The molecule has 1 aliphatic rings. The fraction of sp³-hybridized carbons (Fsp3) is 0.348. The Morgan fingerprint density at radius 3 is 2.61 bits per heavy atom. The van der Waals surface area contributed by atoms with E-state index in [1.54, 1.807) is 32.0 Å². The quantitative estimate of drug-likeness (QED) is 0.450. The number of sulfonamides is 1. The van der Waals surface area contributed by atoms with Crippen molar-refractivity contribution in [3.63, 3.8) is 0 Å². The zero-order valence-corrected chi connectivity index (χ0v) is 20.2. The van der Waals surface area contributed by atoms with E-state index in [9.17, 15) is 13.2 Å². The second-order valence-corrected chi connectivity index (χ2v) is 10.5. The number of hydrogen-bond acceptors (Lipinski definition) is 7. The molecule has 0 atom stereocenters. The number of carbonyl (C=O) groups is 1. The second-order valence-electron chi connectivity index (χ2n) is 7.61. The van der Waals surface area contributed by atoms with E-state index in [1.807, 2.05) is 17.0 Å². The number of hydrogen-bond donors (Lipinski definition) is 0. The lowest BCUT2D eigenvalue weighted by atomic mass is 10.00. The molecule has 2 aromatic carbocycles. The lowest BCUT2D eigenvalue weighted by Crippen LogP contribution is -2.37. The van der Waals surface area contributed by atoms with Crippen molar-refractivity contribution < 1.29 is 17.6 Å². The lowest BCUT2D eigenvalue weighted by Gasteiger charge is -2.28. The Morgan fingerprint density at radius 2 is 1.85 bits per heavy atom. The van der Waals surface area contributed by atoms with Gasteiger partial charge in [0.15, 0.2) is 0 Å². The third kappa shape index (κ3) is 5.13. The minimum absolute atomic E-state index is 0.0153. The van der Waals surface area contributed by atoms with Crippen molar-refractivity contribution in [1.82, 2.24) is 19.4 Å². The highest BCUT2D eigenvalue weighted by Gasteiger charge is 2.24. The Balaban J connectivity index is 1.41. The molecule has 33 heavy (non-hydrogen) atoms.